The first-order chi connectivity index (χ1) is 17.9. The molecule has 3 aromatic rings. The first-order valence-electron chi connectivity index (χ1n) is 13.2. The van der Waals surface area contributed by atoms with Gasteiger partial charge in [-0.25, -0.2) is 9.48 Å². The van der Waals surface area contributed by atoms with Crippen molar-refractivity contribution in [3.63, 3.8) is 0 Å². The third-order valence-electron chi connectivity index (χ3n) is 7.58. The van der Waals surface area contributed by atoms with Gasteiger partial charge < -0.3 is 20.6 Å². The van der Waals surface area contributed by atoms with Crippen LogP contribution in [0.2, 0.25) is 0 Å². The highest BCUT2D eigenvalue weighted by Gasteiger charge is 2.30. The summed E-state index contributed by atoms with van der Waals surface area (Å²) in [6.45, 7) is 4.95. The molecule has 0 unspecified atom stereocenters. The van der Waals surface area contributed by atoms with Crippen LogP contribution in [0.25, 0.3) is 11.4 Å². The molecule has 1 aliphatic rings. The topological polar surface area (TPSA) is 108 Å². The molecule has 1 heterocycles. The minimum absolute atomic E-state index is 0.0379. The lowest BCUT2D eigenvalue weighted by atomic mass is 9.83. The number of nitrogens with one attached hydrogen (secondary N) is 2. The summed E-state index contributed by atoms with van der Waals surface area (Å²) in [7, 11) is 3.86. The molecule has 0 spiro atoms. The van der Waals surface area contributed by atoms with Gasteiger partial charge in [0.15, 0.2) is 5.82 Å². The molecule has 198 valence electrons. The number of benzene rings is 2. The predicted octanol–water partition coefficient (Wildman–Crippen LogP) is 4.17. The summed E-state index contributed by atoms with van der Waals surface area (Å²) < 4.78 is 1.62. The van der Waals surface area contributed by atoms with Gasteiger partial charge in [0.05, 0.1) is 6.10 Å². The van der Waals surface area contributed by atoms with Gasteiger partial charge in [-0.15, -0.1) is 5.10 Å². The predicted molar refractivity (Wildman–Crippen MR) is 145 cm³/mol. The summed E-state index contributed by atoms with van der Waals surface area (Å²) in [5.74, 6) is 0.970. The number of nitrogens with zero attached hydrogens (tertiary/aromatic N) is 5. The zero-order valence-corrected chi connectivity index (χ0v) is 22.3. The number of tetrazole rings is 1. The normalized spacial score (nSPS) is 19.4. The summed E-state index contributed by atoms with van der Waals surface area (Å²) in [5.41, 5.74) is 3.61. The van der Waals surface area contributed by atoms with Gasteiger partial charge in [0.2, 0.25) is 0 Å². The molecule has 1 fully saturated rings. The second kappa shape index (κ2) is 12.3. The van der Waals surface area contributed by atoms with Crippen molar-refractivity contribution in [2.24, 2.45) is 13.0 Å². The van der Waals surface area contributed by atoms with Crippen LogP contribution in [-0.2, 0) is 13.5 Å². The number of urea groups is 1. The average Bonchev–Trinajstić information content (AvgIpc) is 3.34. The van der Waals surface area contributed by atoms with Gasteiger partial charge in [-0.1, -0.05) is 50.1 Å². The fourth-order valence-electron chi connectivity index (χ4n) is 5.23. The van der Waals surface area contributed by atoms with Crippen molar-refractivity contribution in [2.45, 2.75) is 64.1 Å². The quantitative estimate of drug-likeness (QED) is 0.403. The van der Waals surface area contributed by atoms with E-state index in [0.29, 0.717) is 11.7 Å². The van der Waals surface area contributed by atoms with E-state index in [2.05, 4.69) is 52.0 Å². The Bertz CT molecular complexity index is 1170. The van der Waals surface area contributed by atoms with E-state index in [9.17, 15) is 9.90 Å². The number of hydrogen-bond donors (Lipinski definition) is 3. The molecular formula is C28H39N7O2. The van der Waals surface area contributed by atoms with Gasteiger partial charge in [-0.05, 0) is 78.9 Å². The molecule has 37 heavy (non-hydrogen) atoms. The zero-order chi connectivity index (χ0) is 26.4. The van der Waals surface area contributed by atoms with Crippen LogP contribution >= 0.6 is 0 Å². The molecule has 0 radical (unpaired) electrons. The minimum atomic E-state index is -0.561. The zero-order valence-electron chi connectivity index (χ0n) is 22.3. The van der Waals surface area contributed by atoms with Crippen molar-refractivity contribution in [3.05, 3.63) is 59.7 Å². The number of aliphatic hydroxyl groups is 1. The number of rotatable bonds is 9. The number of aryl methyl sites for hydroxylation is 2. The standard InChI is InChI=1S/C28H39N7O2/c1-5-20-15-23(27-31-32-33-35(27)4)17-24(16-20)29-28(37)30-25-14-10-9-13-22(25)18-34(3)19(2)26(36)21-11-7-6-8-12-21/h6-8,11-12,15-17,19,22,25-26,36H,5,9-10,13-14,18H2,1-4H3,(H2,29,30,37)/t19-,22-,25+,26+/m0/s1. The molecule has 0 saturated heterocycles. The van der Waals surface area contributed by atoms with Gasteiger partial charge in [0.1, 0.15) is 0 Å². The van der Waals surface area contributed by atoms with Crippen molar-refractivity contribution in [3.8, 4) is 11.4 Å². The summed E-state index contributed by atoms with van der Waals surface area (Å²) >= 11 is 0. The van der Waals surface area contributed by atoms with Crippen LogP contribution in [0.3, 0.4) is 0 Å². The van der Waals surface area contributed by atoms with Crippen LogP contribution in [0, 0.1) is 5.92 Å². The van der Waals surface area contributed by atoms with E-state index in [1.807, 2.05) is 48.5 Å². The molecule has 4 atom stereocenters. The van der Waals surface area contributed by atoms with Gasteiger partial charge in [-0.3, -0.25) is 0 Å². The Morgan fingerprint density at radius 1 is 1.19 bits per heavy atom. The lowest BCUT2D eigenvalue weighted by Crippen LogP contribution is -2.49. The van der Waals surface area contributed by atoms with Gasteiger partial charge in [0.25, 0.3) is 0 Å². The number of carbonyl (C=O) groups excluding carboxylic acids is 1. The molecule has 0 bridgehead atoms. The molecule has 1 saturated carbocycles. The number of hydrogen-bond acceptors (Lipinski definition) is 6. The lowest BCUT2D eigenvalue weighted by Gasteiger charge is -2.37. The van der Waals surface area contributed by atoms with E-state index < -0.39 is 6.10 Å². The van der Waals surface area contributed by atoms with E-state index >= 15 is 0 Å². The summed E-state index contributed by atoms with van der Waals surface area (Å²) in [6, 6.07) is 15.6. The third-order valence-corrected chi connectivity index (χ3v) is 7.58. The van der Waals surface area contributed by atoms with Crippen LogP contribution in [0.4, 0.5) is 10.5 Å². The molecule has 0 aliphatic heterocycles. The highest BCUT2D eigenvalue weighted by Crippen LogP contribution is 2.28. The Balaban J connectivity index is 1.40. The van der Waals surface area contributed by atoms with E-state index in [-0.39, 0.29) is 18.1 Å². The SMILES string of the molecule is CCc1cc(NC(=O)N[C@@H]2CCCC[C@H]2CN(C)[C@@H](C)[C@@H](O)c2ccccc2)cc(-c2nnnn2C)c1. The van der Waals surface area contributed by atoms with Crippen LogP contribution < -0.4 is 10.6 Å². The van der Waals surface area contributed by atoms with Gasteiger partial charge in [0, 0.05) is 36.9 Å². The second-order valence-corrected chi connectivity index (χ2v) is 10.2. The van der Waals surface area contributed by atoms with E-state index in [4.69, 9.17) is 0 Å². The number of carbonyl (C=O) groups is 1. The lowest BCUT2D eigenvalue weighted by molar-refractivity contribution is 0.0562. The first kappa shape index (κ1) is 26.8. The number of amides is 2. The van der Waals surface area contributed by atoms with Crippen molar-refractivity contribution in [2.75, 3.05) is 18.9 Å². The molecule has 2 aromatic carbocycles. The van der Waals surface area contributed by atoms with Crippen LogP contribution in [-0.4, -0.2) is 61.9 Å². The van der Waals surface area contributed by atoms with E-state index in [1.165, 1.54) is 0 Å². The fourth-order valence-corrected chi connectivity index (χ4v) is 5.23. The second-order valence-electron chi connectivity index (χ2n) is 10.2. The third kappa shape index (κ3) is 6.72. The van der Waals surface area contributed by atoms with Crippen molar-refractivity contribution in [1.82, 2.24) is 30.4 Å². The monoisotopic (exact) mass is 505 g/mol. The highest BCUT2D eigenvalue weighted by atomic mass is 16.3. The number of aliphatic hydroxyl groups excluding tert-OH is 1. The average molecular weight is 506 g/mol. The fraction of sp³-hybridized carbons (Fsp3) is 0.500. The van der Waals surface area contributed by atoms with Gasteiger partial charge in [-0.2, -0.15) is 0 Å². The maximum Gasteiger partial charge on any atom is 0.319 e. The Morgan fingerprint density at radius 2 is 1.95 bits per heavy atom. The molecule has 2 amide bonds. The van der Waals surface area contributed by atoms with E-state index in [1.54, 1.807) is 11.7 Å². The summed E-state index contributed by atoms with van der Waals surface area (Å²) in [5, 5.41) is 28.9. The Labute approximate surface area is 219 Å². The van der Waals surface area contributed by atoms with Crippen molar-refractivity contribution < 1.29 is 9.90 Å². The van der Waals surface area contributed by atoms with E-state index in [0.717, 1.165) is 61.0 Å². The molecule has 1 aliphatic carbocycles. The maximum atomic E-state index is 13.1. The van der Waals surface area contributed by atoms with Gasteiger partial charge >= 0.3 is 6.03 Å². The van der Waals surface area contributed by atoms with Crippen LogP contribution in [0.5, 0.6) is 0 Å². The smallest absolute Gasteiger partial charge is 0.319 e. The van der Waals surface area contributed by atoms with Crippen molar-refractivity contribution >= 4 is 11.7 Å². The molecular weight excluding hydrogens is 466 g/mol. The molecule has 1 aromatic heterocycles. The highest BCUT2D eigenvalue weighted by molar-refractivity contribution is 5.90. The number of aromatic nitrogens is 4. The Kier molecular flexibility index (Phi) is 8.89. The summed E-state index contributed by atoms with van der Waals surface area (Å²) in [4.78, 5) is 15.3. The van der Waals surface area contributed by atoms with Crippen molar-refractivity contribution in [1.29, 1.82) is 0 Å². The molecule has 3 N–H and O–H groups in total. The number of likely N-dealkylation sites (N-methyl/N-ethyl adjacent to an activating group) is 1. The first-order valence-corrected chi connectivity index (χ1v) is 13.2. The van der Waals surface area contributed by atoms with Crippen LogP contribution in [0.15, 0.2) is 48.5 Å². The molecule has 9 heteroatoms. The van der Waals surface area contributed by atoms with Crippen LogP contribution in [0.1, 0.15) is 56.8 Å². The Morgan fingerprint density at radius 3 is 2.65 bits per heavy atom. The molecule has 9 nitrogen and oxygen atoms in total. The Hall–Kier alpha value is -3.30. The number of anilines is 1. The maximum absolute atomic E-state index is 13.1. The minimum Gasteiger partial charge on any atom is -0.387 e. The summed E-state index contributed by atoms with van der Waals surface area (Å²) in [6.07, 6.45) is 4.53. The molecule has 4 rings (SSSR count). The largest absolute Gasteiger partial charge is 0.387 e.